The Kier molecular flexibility index (Phi) is 5.13. The SMILES string of the molecule is CCOC(=O)c1ccc(-c2ccc(CNCC#N)o2)cc1. The zero-order valence-corrected chi connectivity index (χ0v) is 11.8. The van der Waals surface area contributed by atoms with Crippen LogP contribution in [0.5, 0.6) is 0 Å². The predicted octanol–water partition coefficient (Wildman–Crippen LogP) is 2.74. The van der Waals surface area contributed by atoms with Crippen molar-refractivity contribution < 1.29 is 13.9 Å². The van der Waals surface area contributed by atoms with Gasteiger partial charge in [-0.2, -0.15) is 5.26 Å². The van der Waals surface area contributed by atoms with Crippen LogP contribution in [0.2, 0.25) is 0 Å². The van der Waals surface area contributed by atoms with Gasteiger partial charge in [0.1, 0.15) is 11.5 Å². The lowest BCUT2D eigenvalue weighted by Crippen LogP contribution is -2.12. The van der Waals surface area contributed by atoms with Gasteiger partial charge in [0, 0.05) is 5.56 Å². The van der Waals surface area contributed by atoms with E-state index in [9.17, 15) is 4.79 Å². The van der Waals surface area contributed by atoms with Crippen LogP contribution in [0.15, 0.2) is 40.8 Å². The quantitative estimate of drug-likeness (QED) is 0.501. The summed E-state index contributed by atoms with van der Waals surface area (Å²) in [5.74, 6) is 1.15. The third-order valence-corrected chi connectivity index (χ3v) is 2.85. The first kappa shape index (κ1) is 14.8. The summed E-state index contributed by atoms with van der Waals surface area (Å²) in [5, 5.41) is 11.4. The molecule has 0 atom stereocenters. The zero-order valence-electron chi connectivity index (χ0n) is 11.8. The Morgan fingerprint density at radius 3 is 2.71 bits per heavy atom. The molecule has 5 nitrogen and oxygen atoms in total. The largest absolute Gasteiger partial charge is 0.462 e. The van der Waals surface area contributed by atoms with E-state index in [0.717, 1.165) is 17.1 Å². The van der Waals surface area contributed by atoms with Crippen LogP contribution in [-0.2, 0) is 11.3 Å². The van der Waals surface area contributed by atoms with Crippen molar-refractivity contribution in [3.05, 3.63) is 47.7 Å². The Bertz CT molecular complexity index is 638. The van der Waals surface area contributed by atoms with E-state index in [4.69, 9.17) is 14.4 Å². The Balaban J connectivity index is 2.05. The number of benzene rings is 1. The van der Waals surface area contributed by atoms with Crippen molar-refractivity contribution in [3.63, 3.8) is 0 Å². The van der Waals surface area contributed by atoms with Crippen LogP contribution in [-0.4, -0.2) is 19.1 Å². The van der Waals surface area contributed by atoms with Crippen molar-refractivity contribution in [1.82, 2.24) is 5.32 Å². The number of furan rings is 1. The smallest absolute Gasteiger partial charge is 0.338 e. The molecule has 0 bridgehead atoms. The van der Waals surface area contributed by atoms with Gasteiger partial charge in [-0.1, -0.05) is 12.1 Å². The minimum absolute atomic E-state index is 0.282. The van der Waals surface area contributed by atoms with Gasteiger partial charge < -0.3 is 9.15 Å². The van der Waals surface area contributed by atoms with E-state index in [1.807, 2.05) is 30.3 Å². The molecule has 1 aromatic heterocycles. The van der Waals surface area contributed by atoms with E-state index in [-0.39, 0.29) is 12.5 Å². The van der Waals surface area contributed by atoms with Crippen molar-refractivity contribution in [1.29, 1.82) is 5.26 Å². The first-order chi connectivity index (χ1) is 10.2. The van der Waals surface area contributed by atoms with E-state index >= 15 is 0 Å². The van der Waals surface area contributed by atoms with Gasteiger partial charge in [0.15, 0.2) is 0 Å². The normalized spacial score (nSPS) is 10.1. The molecule has 0 spiro atoms. The summed E-state index contributed by atoms with van der Waals surface area (Å²) in [5.41, 5.74) is 1.40. The first-order valence-electron chi connectivity index (χ1n) is 6.68. The number of carbonyl (C=O) groups excluding carboxylic acids is 1. The molecule has 0 unspecified atom stereocenters. The average molecular weight is 284 g/mol. The van der Waals surface area contributed by atoms with E-state index in [0.29, 0.717) is 18.7 Å². The first-order valence-corrected chi connectivity index (χ1v) is 6.68. The number of nitriles is 1. The highest BCUT2D eigenvalue weighted by molar-refractivity contribution is 5.89. The standard InChI is InChI=1S/C16H16N2O3/c1-2-20-16(19)13-5-3-12(4-6-13)15-8-7-14(21-15)11-18-10-9-17/h3-8,18H,2,10-11H2,1H3. The maximum absolute atomic E-state index is 11.6. The third-order valence-electron chi connectivity index (χ3n) is 2.85. The fourth-order valence-electron chi connectivity index (χ4n) is 1.85. The summed E-state index contributed by atoms with van der Waals surface area (Å²) in [7, 11) is 0. The molecule has 108 valence electrons. The number of hydrogen-bond donors (Lipinski definition) is 1. The van der Waals surface area contributed by atoms with Gasteiger partial charge in [-0.15, -0.1) is 0 Å². The minimum atomic E-state index is -0.329. The molecule has 1 heterocycles. The molecule has 0 saturated carbocycles. The van der Waals surface area contributed by atoms with Crippen molar-refractivity contribution in [3.8, 4) is 17.4 Å². The number of carbonyl (C=O) groups is 1. The van der Waals surface area contributed by atoms with Crippen molar-refractivity contribution in [2.45, 2.75) is 13.5 Å². The number of nitrogens with zero attached hydrogens (tertiary/aromatic N) is 1. The number of hydrogen-bond acceptors (Lipinski definition) is 5. The van der Waals surface area contributed by atoms with Crippen LogP contribution in [0.4, 0.5) is 0 Å². The third kappa shape index (κ3) is 3.94. The van der Waals surface area contributed by atoms with Crippen molar-refractivity contribution >= 4 is 5.97 Å². The molecule has 1 N–H and O–H groups in total. The number of nitrogens with one attached hydrogen (secondary N) is 1. The van der Waals surface area contributed by atoms with Crippen LogP contribution < -0.4 is 5.32 Å². The molecule has 21 heavy (non-hydrogen) atoms. The van der Waals surface area contributed by atoms with Crippen LogP contribution in [0.25, 0.3) is 11.3 Å². The molecule has 2 aromatic rings. The molecule has 2 rings (SSSR count). The Morgan fingerprint density at radius 1 is 1.29 bits per heavy atom. The summed E-state index contributed by atoms with van der Waals surface area (Å²) >= 11 is 0. The molecule has 0 aliphatic rings. The molecule has 0 aliphatic heterocycles. The number of ether oxygens (including phenoxy) is 1. The second-order valence-electron chi connectivity index (χ2n) is 4.33. The molecule has 0 amide bonds. The van der Waals surface area contributed by atoms with Gasteiger partial charge >= 0.3 is 5.97 Å². The average Bonchev–Trinajstić information content (AvgIpc) is 2.97. The van der Waals surface area contributed by atoms with E-state index in [2.05, 4.69) is 5.32 Å². The zero-order chi connectivity index (χ0) is 15.1. The van der Waals surface area contributed by atoms with Crippen molar-refractivity contribution in [2.75, 3.05) is 13.2 Å². The second-order valence-corrected chi connectivity index (χ2v) is 4.33. The number of esters is 1. The second kappa shape index (κ2) is 7.27. The summed E-state index contributed by atoms with van der Waals surface area (Å²) in [4.78, 5) is 11.6. The van der Waals surface area contributed by atoms with Gasteiger partial charge in [-0.25, -0.2) is 4.79 Å². The molecular weight excluding hydrogens is 268 g/mol. The van der Waals surface area contributed by atoms with E-state index in [1.54, 1.807) is 19.1 Å². The van der Waals surface area contributed by atoms with Crippen LogP contribution in [0.3, 0.4) is 0 Å². The molecule has 1 aromatic carbocycles. The summed E-state index contributed by atoms with van der Waals surface area (Å²) in [6.07, 6.45) is 0. The van der Waals surface area contributed by atoms with Gasteiger partial charge in [-0.3, -0.25) is 5.32 Å². The van der Waals surface area contributed by atoms with Crippen LogP contribution in [0.1, 0.15) is 23.0 Å². The predicted molar refractivity (Wildman–Crippen MR) is 77.4 cm³/mol. The summed E-state index contributed by atoms with van der Waals surface area (Å²) in [6, 6.07) is 12.8. The monoisotopic (exact) mass is 284 g/mol. The van der Waals surface area contributed by atoms with Gasteiger partial charge in [-0.05, 0) is 31.2 Å². The van der Waals surface area contributed by atoms with Gasteiger partial charge in [0.05, 0.1) is 31.3 Å². The molecule has 0 fully saturated rings. The van der Waals surface area contributed by atoms with Crippen LogP contribution >= 0.6 is 0 Å². The lowest BCUT2D eigenvalue weighted by Gasteiger charge is -2.02. The fourth-order valence-corrected chi connectivity index (χ4v) is 1.85. The maximum Gasteiger partial charge on any atom is 0.338 e. The Morgan fingerprint density at radius 2 is 2.05 bits per heavy atom. The Hall–Kier alpha value is -2.58. The highest BCUT2D eigenvalue weighted by Gasteiger charge is 2.08. The maximum atomic E-state index is 11.6. The van der Waals surface area contributed by atoms with Crippen molar-refractivity contribution in [2.24, 2.45) is 0 Å². The summed E-state index contributed by atoms with van der Waals surface area (Å²) < 4.78 is 10.6. The fraction of sp³-hybridized carbons (Fsp3) is 0.250. The lowest BCUT2D eigenvalue weighted by atomic mass is 10.1. The lowest BCUT2D eigenvalue weighted by molar-refractivity contribution is 0.0526. The van der Waals surface area contributed by atoms with E-state index in [1.165, 1.54) is 0 Å². The van der Waals surface area contributed by atoms with Gasteiger partial charge in [0.2, 0.25) is 0 Å². The Labute approximate surface area is 123 Å². The van der Waals surface area contributed by atoms with Gasteiger partial charge in [0.25, 0.3) is 0 Å². The summed E-state index contributed by atoms with van der Waals surface area (Å²) in [6.45, 7) is 2.92. The number of rotatable bonds is 6. The highest BCUT2D eigenvalue weighted by Crippen LogP contribution is 2.22. The highest BCUT2D eigenvalue weighted by atomic mass is 16.5. The molecule has 5 heteroatoms. The topological polar surface area (TPSA) is 75.3 Å². The molecule has 0 radical (unpaired) electrons. The van der Waals surface area contributed by atoms with Crippen LogP contribution in [0, 0.1) is 11.3 Å². The molecular formula is C16H16N2O3. The minimum Gasteiger partial charge on any atom is -0.462 e. The molecule has 0 aliphatic carbocycles. The van der Waals surface area contributed by atoms with E-state index < -0.39 is 0 Å². The molecule has 0 saturated heterocycles.